The van der Waals surface area contributed by atoms with E-state index >= 15 is 0 Å². The van der Waals surface area contributed by atoms with Crippen LogP contribution in [0.1, 0.15) is 35.5 Å². The summed E-state index contributed by atoms with van der Waals surface area (Å²) < 4.78 is 38.9. The SMILES string of the molecule is C#CC(C)C(C)(NC(=O)c1ccc2ncccc2c1)c1ncc(C(F)(F)F)cc1N. The van der Waals surface area contributed by atoms with Crippen LogP contribution >= 0.6 is 0 Å². The average Bonchev–Trinajstić information content (AvgIpc) is 2.71. The number of halogens is 3. The summed E-state index contributed by atoms with van der Waals surface area (Å²) in [5, 5.41) is 3.58. The minimum absolute atomic E-state index is 0.0664. The Hall–Kier alpha value is -3.60. The lowest BCUT2D eigenvalue weighted by molar-refractivity contribution is -0.137. The van der Waals surface area contributed by atoms with E-state index < -0.39 is 29.1 Å². The van der Waals surface area contributed by atoms with Gasteiger partial charge in [-0.2, -0.15) is 13.2 Å². The number of anilines is 1. The van der Waals surface area contributed by atoms with E-state index in [1.165, 1.54) is 0 Å². The van der Waals surface area contributed by atoms with Crippen molar-refractivity contribution in [2.75, 3.05) is 5.73 Å². The summed E-state index contributed by atoms with van der Waals surface area (Å²) >= 11 is 0. The lowest BCUT2D eigenvalue weighted by atomic mass is 9.82. The summed E-state index contributed by atoms with van der Waals surface area (Å²) in [4.78, 5) is 21.1. The van der Waals surface area contributed by atoms with Gasteiger partial charge in [0.05, 0.1) is 28.0 Å². The molecule has 2 heterocycles. The zero-order chi connectivity index (χ0) is 22.1. The predicted molar refractivity (Wildman–Crippen MR) is 108 cm³/mol. The smallest absolute Gasteiger partial charge is 0.397 e. The van der Waals surface area contributed by atoms with Crippen LogP contribution in [0.15, 0.2) is 48.8 Å². The van der Waals surface area contributed by atoms with E-state index in [0.717, 1.165) is 17.0 Å². The normalized spacial score (nSPS) is 14.5. The first-order valence-electron chi connectivity index (χ1n) is 9.03. The zero-order valence-electron chi connectivity index (χ0n) is 16.3. The van der Waals surface area contributed by atoms with E-state index in [0.29, 0.717) is 11.8 Å². The highest BCUT2D eigenvalue weighted by molar-refractivity contribution is 5.98. The number of benzene rings is 1. The summed E-state index contributed by atoms with van der Waals surface area (Å²) in [6.07, 6.45) is 3.32. The van der Waals surface area contributed by atoms with E-state index in [1.807, 2.05) is 6.07 Å². The molecule has 0 saturated carbocycles. The Morgan fingerprint density at radius 1 is 1.23 bits per heavy atom. The summed E-state index contributed by atoms with van der Waals surface area (Å²) in [6, 6.07) is 9.34. The molecule has 3 rings (SSSR count). The second-order valence-corrected chi connectivity index (χ2v) is 7.12. The standard InChI is InChI=1S/C22H19F3N4O/c1-4-13(2)21(3,19-17(26)11-16(12-28-19)22(23,24)25)29-20(30)15-7-8-18-14(10-15)6-5-9-27-18/h1,5-13H,26H2,2-3H3,(H,29,30). The molecule has 2 unspecified atom stereocenters. The van der Waals surface area contributed by atoms with Gasteiger partial charge in [0, 0.05) is 29.3 Å². The maximum Gasteiger partial charge on any atom is 0.417 e. The van der Waals surface area contributed by atoms with Crippen molar-refractivity contribution in [1.29, 1.82) is 0 Å². The third-order valence-electron chi connectivity index (χ3n) is 5.09. The zero-order valence-corrected chi connectivity index (χ0v) is 16.3. The number of carbonyl (C=O) groups is 1. The number of alkyl halides is 3. The quantitative estimate of drug-likeness (QED) is 0.631. The van der Waals surface area contributed by atoms with Gasteiger partial charge >= 0.3 is 6.18 Å². The number of carbonyl (C=O) groups excluding carboxylic acids is 1. The number of nitrogens with two attached hydrogens (primary N) is 1. The van der Waals surface area contributed by atoms with Crippen molar-refractivity contribution in [3.63, 3.8) is 0 Å². The molecule has 5 nitrogen and oxygen atoms in total. The Balaban J connectivity index is 2.01. The van der Waals surface area contributed by atoms with Crippen molar-refractivity contribution in [2.24, 2.45) is 5.92 Å². The van der Waals surface area contributed by atoms with Crippen LogP contribution in [0.3, 0.4) is 0 Å². The molecule has 0 aliphatic heterocycles. The lowest BCUT2D eigenvalue weighted by Crippen LogP contribution is -2.49. The van der Waals surface area contributed by atoms with E-state index in [1.54, 1.807) is 44.3 Å². The molecule has 0 fully saturated rings. The van der Waals surface area contributed by atoms with Gasteiger partial charge in [-0.15, -0.1) is 12.3 Å². The molecule has 0 radical (unpaired) electrons. The van der Waals surface area contributed by atoms with Crippen molar-refractivity contribution in [1.82, 2.24) is 15.3 Å². The maximum absolute atomic E-state index is 13.0. The van der Waals surface area contributed by atoms with Gasteiger partial charge in [0.2, 0.25) is 0 Å². The molecule has 0 aliphatic rings. The molecule has 1 aromatic carbocycles. The molecule has 8 heteroatoms. The van der Waals surface area contributed by atoms with Crippen LogP contribution < -0.4 is 11.1 Å². The van der Waals surface area contributed by atoms with Crippen molar-refractivity contribution in [3.05, 3.63) is 65.6 Å². The number of hydrogen-bond acceptors (Lipinski definition) is 4. The van der Waals surface area contributed by atoms with Crippen LogP contribution in [0.25, 0.3) is 10.9 Å². The number of pyridine rings is 2. The third-order valence-corrected chi connectivity index (χ3v) is 5.09. The first-order valence-corrected chi connectivity index (χ1v) is 9.03. The first kappa shape index (κ1) is 21.1. The highest BCUT2D eigenvalue weighted by Gasteiger charge is 2.39. The van der Waals surface area contributed by atoms with E-state index in [-0.39, 0.29) is 11.4 Å². The molecule has 3 aromatic rings. The number of nitrogens with zero attached hydrogens (tertiary/aromatic N) is 2. The highest BCUT2D eigenvalue weighted by atomic mass is 19.4. The van der Waals surface area contributed by atoms with Crippen LogP contribution in [0, 0.1) is 18.3 Å². The fourth-order valence-electron chi connectivity index (χ4n) is 3.13. The third kappa shape index (κ3) is 3.92. The number of aromatic nitrogens is 2. The molecule has 154 valence electrons. The second kappa shape index (κ2) is 7.67. The molecule has 0 saturated heterocycles. The molecule has 2 aromatic heterocycles. The Labute approximate surface area is 171 Å². The van der Waals surface area contributed by atoms with Crippen LogP contribution in [0.2, 0.25) is 0 Å². The number of nitrogen functional groups attached to an aromatic ring is 1. The van der Waals surface area contributed by atoms with Crippen molar-refractivity contribution in [3.8, 4) is 12.3 Å². The molecular formula is C22H19F3N4O. The Morgan fingerprint density at radius 3 is 2.60 bits per heavy atom. The van der Waals surface area contributed by atoms with Gasteiger partial charge in [0.15, 0.2) is 0 Å². The van der Waals surface area contributed by atoms with Gasteiger partial charge in [0.1, 0.15) is 0 Å². The van der Waals surface area contributed by atoms with Crippen LogP contribution in [-0.2, 0) is 11.7 Å². The number of rotatable bonds is 4. The predicted octanol–water partition coefficient (Wildman–Crippen LogP) is 4.15. The van der Waals surface area contributed by atoms with Gasteiger partial charge in [-0.1, -0.05) is 6.07 Å². The fourth-order valence-corrected chi connectivity index (χ4v) is 3.13. The molecule has 3 N–H and O–H groups in total. The summed E-state index contributed by atoms with van der Waals surface area (Å²) in [5.41, 5.74) is 4.54. The molecule has 2 atom stereocenters. The molecule has 0 spiro atoms. The van der Waals surface area contributed by atoms with Crippen LogP contribution in [0.4, 0.5) is 18.9 Å². The molecular weight excluding hydrogens is 393 g/mol. The van der Waals surface area contributed by atoms with Gasteiger partial charge in [-0.05, 0) is 44.2 Å². The number of terminal acetylenes is 1. The Kier molecular flexibility index (Phi) is 5.40. The number of nitrogens with one attached hydrogen (secondary N) is 1. The topological polar surface area (TPSA) is 80.9 Å². The monoisotopic (exact) mass is 412 g/mol. The highest BCUT2D eigenvalue weighted by Crippen LogP contribution is 2.36. The maximum atomic E-state index is 13.0. The van der Waals surface area contributed by atoms with Crippen molar-refractivity contribution >= 4 is 22.5 Å². The number of amides is 1. The second-order valence-electron chi connectivity index (χ2n) is 7.12. The summed E-state index contributed by atoms with van der Waals surface area (Å²) in [5.74, 6) is 1.44. The van der Waals surface area contributed by atoms with E-state index in [9.17, 15) is 18.0 Å². The Morgan fingerprint density at radius 2 is 1.97 bits per heavy atom. The van der Waals surface area contributed by atoms with E-state index in [4.69, 9.17) is 12.2 Å². The van der Waals surface area contributed by atoms with Gasteiger partial charge in [-0.25, -0.2) is 0 Å². The lowest BCUT2D eigenvalue weighted by Gasteiger charge is -2.34. The van der Waals surface area contributed by atoms with Crippen molar-refractivity contribution in [2.45, 2.75) is 25.6 Å². The van der Waals surface area contributed by atoms with Crippen LogP contribution in [0.5, 0.6) is 0 Å². The molecule has 0 aliphatic carbocycles. The van der Waals surface area contributed by atoms with Crippen molar-refractivity contribution < 1.29 is 18.0 Å². The first-order chi connectivity index (χ1) is 14.1. The summed E-state index contributed by atoms with van der Waals surface area (Å²) in [7, 11) is 0. The number of hydrogen-bond donors (Lipinski definition) is 2. The summed E-state index contributed by atoms with van der Waals surface area (Å²) in [6.45, 7) is 3.24. The van der Waals surface area contributed by atoms with E-state index in [2.05, 4.69) is 21.2 Å². The van der Waals surface area contributed by atoms with Gasteiger partial charge < -0.3 is 11.1 Å². The van der Waals surface area contributed by atoms with Gasteiger partial charge in [0.25, 0.3) is 5.91 Å². The molecule has 0 bridgehead atoms. The van der Waals surface area contributed by atoms with Gasteiger partial charge in [-0.3, -0.25) is 14.8 Å². The minimum atomic E-state index is -4.59. The Bertz CT molecular complexity index is 1150. The molecule has 30 heavy (non-hydrogen) atoms. The average molecular weight is 412 g/mol. The minimum Gasteiger partial charge on any atom is -0.397 e. The van der Waals surface area contributed by atoms with Crippen LogP contribution in [-0.4, -0.2) is 15.9 Å². The number of fused-ring (bicyclic) bond motifs is 1. The molecule has 1 amide bonds. The largest absolute Gasteiger partial charge is 0.417 e. The fraction of sp³-hybridized carbons (Fsp3) is 0.227.